The highest BCUT2D eigenvalue weighted by molar-refractivity contribution is 7.13. The van der Waals surface area contributed by atoms with Gasteiger partial charge in [-0.15, -0.1) is 11.3 Å². The molecule has 3 N–H and O–H groups in total. The largest absolute Gasteiger partial charge is 0.367 e. The van der Waals surface area contributed by atoms with Gasteiger partial charge in [-0.25, -0.2) is 0 Å². The summed E-state index contributed by atoms with van der Waals surface area (Å²) in [6, 6.07) is 9.00. The van der Waals surface area contributed by atoms with Gasteiger partial charge in [0.25, 0.3) is 5.91 Å². The van der Waals surface area contributed by atoms with Crippen LogP contribution in [0.5, 0.6) is 0 Å². The molecule has 0 aliphatic carbocycles. The van der Waals surface area contributed by atoms with Gasteiger partial charge in [0.2, 0.25) is 5.88 Å². The number of thiophene rings is 1. The number of nitrogens with two attached hydrogens (primary N) is 1. The van der Waals surface area contributed by atoms with Crippen molar-refractivity contribution in [2.24, 2.45) is 0 Å². The zero-order valence-electron chi connectivity index (χ0n) is 11.6. The Morgan fingerprint density at radius 2 is 2.23 bits per heavy atom. The number of carbonyl (C=O) groups excluding carboxylic acids is 1. The summed E-state index contributed by atoms with van der Waals surface area (Å²) in [7, 11) is 0. The van der Waals surface area contributed by atoms with Crippen molar-refractivity contribution in [1.82, 2.24) is 5.16 Å². The van der Waals surface area contributed by atoms with E-state index in [1.54, 1.807) is 12.1 Å². The van der Waals surface area contributed by atoms with E-state index in [4.69, 9.17) is 21.9 Å². The van der Waals surface area contributed by atoms with Gasteiger partial charge >= 0.3 is 0 Å². The van der Waals surface area contributed by atoms with Crippen LogP contribution >= 0.6 is 22.9 Å². The molecule has 5 nitrogen and oxygen atoms in total. The van der Waals surface area contributed by atoms with Crippen molar-refractivity contribution < 1.29 is 9.32 Å². The minimum Gasteiger partial charge on any atom is -0.367 e. The maximum absolute atomic E-state index is 12.5. The molecule has 0 unspecified atom stereocenters. The summed E-state index contributed by atoms with van der Waals surface area (Å²) < 4.78 is 4.97. The maximum atomic E-state index is 12.5. The smallest absolute Gasteiger partial charge is 0.263 e. The van der Waals surface area contributed by atoms with Crippen LogP contribution in [0.25, 0.3) is 10.6 Å². The fourth-order valence-electron chi connectivity index (χ4n) is 1.97. The lowest BCUT2D eigenvalue weighted by atomic mass is 10.1. The number of nitrogens with one attached hydrogen (secondary N) is 1. The van der Waals surface area contributed by atoms with Crippen molar-refractivity contribution >= 4 is 40.4 Å². The van der Waals surface area contributed by atoms with Crippen LogP contribution < -0.4 is 11.1 Å². The monoisotopic (exact) mass is 333 g/mol. The highest BCUT2D eigenvalue weighted by atomic mass is 35.5. The summed E-state index contributed by atoms with van der Waals surface area (Å²) in [6.07, 6.45) is 0. The fraction of sp³-hybridized carbons (Fsp3) is 0.0667. The first-order chi connectivity index (χ1) is 10.6. The summed E-state index contributed by atoms with van der Waals surface area (Å²) >= 11 is 7.51. The van der Waals surface area contributed by atoms with Gasteiger partial charge in [-0.2, -0.15) is 0 Å². The van der Waals surface area contributed by atoms with Crippen LogP contribution in [-0.2, 0) is 0 Å². The van der Waals surface area contributed by atoms with Crippen LogP contribution in [0.1, 0.15) is 15.9 Å². The molecule has 22 heavy (non-hydrogen) atoms. The molecule has 0 fully saturated rings. The van der Waals surface area contributed by atoms with E-state index in [1.807, 2.05) is 30.5 Å². The SMILES string of the molecule is Cc1ccc(NC(=O)c2c(-c3cccs3)noc2N)cc1Cl. The van der Waals surface area contributed by atoms with Crippen LogP contribution in [-0.4, -0.2) is 11.1 Å². The molecule has 0 saturated carbocycles. The second-order valence-electron chi connectivity index (χ2n) is 4.67. The molecule has 3 rings (SSSR count). The molecule has 112 valence electrons. The highest BCUT2D eigenvalue weighted by Crippen LogP contribution is 2.31. The van der Waals surface area contributed by atoms with Crippen LogP contribution in [0.15, 0.2) is 40.2 Å². The molecule has 2 aromatic heterocycles. The van der Waals surface area contributed by atoms with Gasteiger partial charge in [-0.05, 0) is 36.1 Å². The molecule has 1 amide bonds. The lowest BCUT2D eigenvalue weighted by molar-refractivity contribution is 0.102. The normalized spacial score (nSPS) is 10.6. The molecule has 0 radical (unpaired) electrons. The van der Waals surface area contributed by atoms with E-state index in [0.717, 1.165) is 10.4 Å². The molecular weight excluding hydrogens is 322 g/mol. The van der Waals surface area contributed by atoms with Gasteiger partial charge < -0.3 is 15.6 Å². The number of rotatable bonds is 3. The Morgan fingerprint density at radius 1 is 1.41 bits per heavy atom. The number of hydrogen-bond donors (Lipinski definition) is 2. The van der Waals surface area contributed by atoms with Gasteiger partial charge in [0, 0.05) is 10.7 Å². The molecule has 0 spiro atoms. The van der Waals surface area contributed by atoms with Crippen LogP contribution in [0.4, 0.5) is 11.6 Å². The Kier molecular flexibility index (Phi) is 3.87. The first-order valence-corrected chi connectivity index (χ1v) is 7.68. The molecule has 0 aliphatic heterocycles. The van der Waals surface area contributed by atoms with Crippen molar-refractivity contribution in [2.75, 3.05) is 11.1 Å². The lowest BCUT2D eigenvalue weighted by Crippen LogP contribution is -2.13. The van der Waals surface area contributed by atoms with Gasteiger partial charge in [0.05, 0.1) is 4.88 Å². The highest BCUT2D eigenvalue weighted by Gasteiger charge is 2.23. The number of aryl methyl sites for hydroxylation is 1. The Balaban J connectivity index is 1.92. The van der Waals surface area contributed by atoms with E-state index in [1.165, 1.54) is 11.3 Å². The first kappa shape index (κ1) is 14.6. The number of nitrogens with zero attached hydrogens (tertiary/aromatic N) is 1. The Bertz CT molecular complexity index is 827. The third kappa shape index (κ3) is 2.70. The summed E-state index contributed by atoms with van der Waals surface area (Å²) in [5.74, 6) is -0.402. The lowest BCUT2D eigenvalue weighted by Gasteiger charge is -2.06. The first-order valence-electron chi connectivity index (χ1n) is 6.43. The van der Waals surface area contributed by atoms with Crippen molar-refractivity contribution in [1.29, 1.82) is 0 Å². The van der Waals surface area contributed by atoms with Crippen LogP contribution in [0, 0.1) is 6.92 Å². The predicted molar refractivity (Wildman–Crippen MR) is 88.4 cm³/mol. The van der Waals surface area contributed by atoms with Gasteiger partial charge in [0.15, 0.2) is 0 Å². The molecule has 7 heteroatoms. The minimum absolute atomic E-state index is 0.0147. The zero-order chi connectivity index (χ0) is 15.7. The second kappa shape index (κ2) is 5.82. The van der Waals surface area contributed by atoms with Crippen molar-refractivity contribution in [3.63, 3.8) is 0 Å². The van der Waals surface area contributed by atoms with Gasteiger partial charge in [-0.3, -0.25) is 4.79 Å². The molecule has 2 heterocycles. The third-order valence-electron chi connectivity index (χ3n) is 3.13. The van der Waals surface area contributed by atoms with Crippen molar-refractivity contribution in [2.45, 2.75) is 6.92 Å². The molecular formula is C15H12ClN3O2S. The quantitative estimate of drug-likeness (QED) is 0.752. The van der Waals surface area contributed by atoms with Crippen LogP contribution in [0.3, 0.4) is 0 Å². The predicted octanol–water partition coefficient (Wildman–Crippen LogP) is 4.20. The number of hydrogen-bond acceptors (Lipinski definition) is 5. The summed E-state index contributed by atoms with van der Waals surface area (Å²) in [5, 5.41) is 9.10. The number of aromatic nitrogens is 1. The molecule has 0 bridgehead atoms. The molecule has 0 aliphatic rings. The van der Waals surface area contributed by atoms with Gasteiger partial charge in [-0.1, -0.05) is 28.9 Å². The maximum Gasteiger partial charge on any atom is 0.263 e. The van der Waals surface area contributed by atoms with E-state index in [9.17, 15) is 4.79 Å². The molecule has 0 atom stereocenters. The van der Waals surface area contributed by atoms with Crippen LogP contribution in [0.2, 0.25) is 5.02 Å². The second-order valence-corrected chi connectivity index (χ2v) is 6.02. The van der Waals surface area contributed by atoms with Crippen molar-refractivity contribution in [3.8, 4) is 10.6 Å². The van der Waals surface area contributed by atoms with E-state index in [2.05, 4.69) is 10.5 Å². The average molecular weight is 334 g/mol. The topological polar surface area (TPSA) is 81.2 Å². The Hall–Kier alpha value is -2.31. The summed E-state index contributed by atoms with van der Waals surface area (Å²) in [4.78, 5) is 13.3. The zero-order valence-corrected chi connectivity index (χ0v) is 13.2. The minimum atomic E-state index is -0.387. The number of nitrogen functional groups attached to an aromatic ring is 1. The summed E-state index contributed by atoms with van der Waals surface area (Å²) in [6.45, 7) is 1.89. The van der Waals surface area contributed by atoms with Gasteiger partial charge in [0.1, 0.15) is 11.3 Å². The van der Waals surface area contributed by atoms with E-state index in [0.29, 0.717) is 16.4 Å². The number of anilines is 2. The third-order valence-corrected chi connectivity index (χ3v) is 4.41. The number of amides is 1. The number of benzene rings is 1. The number of halogens is 1. The number of carbonyl (C=O) groups is 1. The van der Waals surface area contributed by atoms with E-state index in [-0.39, 0.29) is 17.4 Å². The van der Waals surface area contributed by atoms with Crippen molar-refractivity contribution in [3.05, 3.63) is 51.9 Å². The fourth-order valence-corrected chi connectivity index (χ4v) is 2.86. The van der Waals surface area contributed by atoms with E-state index < -0.39 is 0 Å². The Labute approximate surface area is 135 Å². The molecule has 3 aromatic rings. The molecule has 1 aromatic carbocycles. The standard InChI is InChI=1S/C15H12ClN3O2S/c1-8-4-5-9(7-10(8)16)18-15(20)12-13(19-21-14(12)17)11-3-2-6-22-11/h2-7H,17H2,1H3,(H,18,20). The Morgan fingerprint density at radius 3 is 2.91 bits per heavy atom. The van der Waals surface area contributed by atoms with E-state index >= 15 is 0 Å². The average Bonchev–Trinajstić information content (AvgIpc) is 3.11. The summed E-state index contributed by atoms with van der Waals surface area (Å²) in [5.41, 5.74) is 7.92. The molecule has 0 saturated heterocycles.